The number of fused-ring (bicyclic) bond motifs is 1. The molecule has 4 aromatic rings. The Morgan fingerprint density at radius 3 is 2.50 bits per heavy atom. The molecule has 0 aliphatic heterocycles. The first-order valence-electron chi connectivity index (χ1n) is 8.23. The summed E-state index contributed by atoms with van der Waals surface area (Å²) in [7, 11) is 0. The van der Waals surface area contributed by atoms with E-state index in [4.69, 9.17) is 0 Å². The maximum atomic E-state index is 14.2. The van der Waals surface area contributed by atoms with Crippen molar-refractivity contribution in [1.29, 1.82) is 0 Å². The number of rotatable bonds is 5. The average molecular weight is 350 g/mol. The lowest BCUT2D eigenvalue weighted by Crippen LogP contribution is -2.07. The summed E-state index contributed by atoms with van der Waals surface area (Å²) in [4.78, 5) is 3.96. The fraction of sp³-hybridized carbons (Fsp3) is 0.100. The highest BCUT2D eigenvalue weighted by atomic mass is 19.1. The van der Waals surface area contributed by atoms with Gasteiger partial charge in [-0.25, -0.2) is 8.78 Å². The van der Waals surface area contributed by atoms with Crippen molar-refractivity contribution < 1.29 is 8.78 Å². The second-order valence-electron chi connectivity index (χ2n) is 5.94. The number of pyridine rings is 1. The van der Waals surface area contributed by atoms with Gasteiger partial charge in [-0.3, -0.25) is 9.67 Å². The summed E-state index contributed by atoms with van der Waals surface area (Å²) in [5.41, 5.74) is 2.71. The van der Waals surface area contributed by atoms with Gasteiger partial charge in [0.05, 0.1) is 11.9 Å². The zero-order valence-electron chi connectivity index (χ0n) is 13.9. The van der Waals surface area contributed by atoms with Crippen molar-refractivity contribution in [1.82, 2.24) is 14.8 Å². The molecule has 0 saturated carbocycles. The van der Waals surface area contributed by atoms with Crippen LogP contribution in [0.2, 0.25) is 0 Å². The molecule has 0 amide bonds. The van der Waals surface area contributed by atoms with E-state index in [-0.39, 0.29) is 10.9 Å². The minimum atomic E-state index is -0.538. The third kappa shape index (κ3) is 3.13. The second kappa shape index (κ2) is 6.92. The molecule has 2 heterocycles. The molecule has 2 aromatic heterocycles. The molecule has 4 nitrogen and oxygen atoms in total. The van der Waals surface area contributed by atoms with E-state index in [1.54, 1.807) is 12.3 Å². The van der Waals surface area contributed by atoms with E-state index >= 15 is 0 Å². The summed E-state index contributed by atoms with van der Waals surface area (Å²) in [6, 6.07) is 13.7. The second-order valence-corrected chi connectivity index (χ2v) is 5.94. The van der Waals surface area contributed by atoms with Gasteiger partial charge < -0.3 is 5.32 Å². The Morgan fingerprint density at radius 2 is 1.69 bits per heavy atom. The molecule has 0 unspecified atom stereocenters. The highest BCUT2D eigenvalue weighted by Gasteiger charge is 2.12. The molecule has 0 aliphatic rings. The van der Waals surface area contributed by atoms with Crippen LogP contribution in [0.3, 0.4) is 0 Å². The Hall–Kier alpha value is -3.28. The average Bonchev–Trinajstić information content (AvgIpc) is 3.17. The summed E-state index contributed by atoms with van der Waals surface area (Å²) in [5.74, 6) is -1.04. The molecule has 0 atom stereocenters. The largest absolute Gasteiger partial charge is 0.380 e. The van der Waals surface area contributed by atoms with Gasteiger partial charge in [0.25, 0.3) is 0 Å². The molecular weight excluding hydrogens is 334 g/mol. The Bertz CT molecular complexity index is 1050. The number of nitrogens with one attached hydrogen (secondary N) is 1. The first-order valence-corrected chi connectivity index (χ1v) is 8.23. The number of aromatic nitrogens is 3. The lowest BCUT2D eigenvalue weighted by atomic mass is 10.1. The SMILES string of the molecule is Fc1ccc(F)c2c(NCc3ccccc3Cn3cccn3)ccnc12. The molecule has 0 radical (unpaired) electrons. The highest BCUT2D eigenvalue weighted by Crippen LogP contribution is 2.27. The van der Waals surface area contributed by atoms with Crippen molar-refractivity contribution in [3.05, 3.63) is 89.9 Å². The lowest BCUT2D eigenvalue weighted by Gasteiger charge is -2.13. The van der Waals surface area contributed by atoms with Crippen LogP contribution >= 0.6 is 0 Å². The zero-order chi connectivity index (χ0) is 17.9. The predicted molar refractivity (Wildman–Crippen MR) is 96.8 cm³/mol. The third-order valence-electron chi connectivity index (χ3n) is 4.27. The fourth-order valence-corrected chi connectivity index (χ4v) is 2.98. The van der Waals surface area contributed by atoms with Crippen LogP contribution in [0, 0.1) is 11.6 Å². The number of benzene rings is 2. The molecule has 0 bridgehead atoms. The van der Waals surface area contributed by atoms with Crippen LogP contribution in [0.15, 0.2) is 67.1 Å². The predicted octanol–water partition coefficient (Wildman–Crippen LogP) is 4.37. The number of halogens is 2. The summed E-state index contributed by atoms with van der Waals surface area (Å²) in [6.07, 6.45) is 5.11. The van der Waals surface area contributed by atoms with Crippen molar-refractivity contribution >= 4 is 16.6 Å². The molecule has 2 aromatic carbocycles. The molecule has 26 heavy (non-hydrogen) atoms. The van der Waals surface area contributed by atoms with Gasteiger partial charge in [0.15, 0.2) is 0 Å². The minimum Gasteiger partial charge on any atom is -0.380 e. The zero-order valence-corrected chi connectivity index (χ0v) is 13.9. The molecule has 0 spiro atoms. The van der Waals surface area contributed by atoms with E-state index in [9.17, 15) is 8.78 Å². The van der Waals surface area contributed by atoms with Crippen molar-refractivity contribution in [2.75, 3.05) is 5.32 Å². The molecular formula is C20H16F2N4. The van der Waals surface area contributed by atoms with E-state index in [1.807, 2.05) is 41.2 Å². The van der Waals surface area contributed by atoms with Gasteiger partial charge in [-0.1, -0.05) is 24.3 Å². The Kier molecular flexibility index (Phi) is 4.31. The van der Waals surface area contributed by atoms with E-state index in [1.165, 1.54) is 6.20 Å². The molecule has 4 rings (SSSR count). The van der Waals surface area contributed by atoms with Gasteiger partial charge in [0.1, 0.15) is 17.2 Å². The maximum absolute atomic E-state index is 14.2. The van der Waals surface area contributed by atoms with Crippen molar-refractivity contribution in [2.45, 2.75) is 13.1 Å². The van der Waals surface area contributed by atoms with Crippen molar-refractivity contribution in [3.8, 4) is 0 Å². The van der Waals surface area contributed by atoms with Gasteiger partial charge in [-0.15, -0.1) is 0 Å². The fourth-order valence-electron chi connectivity index (χ4n) is 2.98. The quantitative estimate of drug-likeness (QED) is 0.581. The Balaban J connectivity index is 1.63. The van der Waals surface area contributed by atoms with Crippen LogP contribution in [-0.2, 0) is 13.1 Å². The monoisotopic (exact) mass is 350 g/mol. The summed E-state index contributed by atoms with van der Waals surface area (Å²) in [6.45, 7) is 1.12. The number of nitrogens with zero attached hydrogens (tertiary/aromatic N) is 3. The highest BCUT2D eigenvalue weighted by molar-refractivity contribution is 5.91. The minimum absolute atomic E-state index is 0.0276. The van der Waals surface area contributed by atoms with Crippen LogP contribution in [0.25, 0.3) is 10.9 Å². The van der Waals surface area contributed by atoms with Crippen LogP contribution in [0.5, 0.6) is 0 Å². The van der Waals surface area contributed by atoms with Crippen molar-refractivity contribution in [2.24, 2.45) is 0 Å². The normalized spacial score (nSPS) is 11.0. The first-order chi connectivity index (χ1) is 12.7. The van der Waals surface area contributed by atoms with Crippen LogP contribution in [0.4, 0.5) is 14.5 Å². The van der Waals surface area contributed by atoms with Gasteiger partial charge in [-0.2, -0.15) is 5.10 Å². The number of anilines is 1. The topological polar surface area (TPSA) is 42.7 Å². The van der Waals surface area contributed by atoms with E-state index < -0.39 is 11.6 Å². The van der Waals surface area contributed by atoms with Gasteiger partial charge in [-0.05, 0) is 35.4 Å². The Labute approximate surface area is 149 Å². The van der Waals surface area contributed by atoms with Gasteiger partial charge in [0.2, 0.25) is 0 Å². The molecule has 0 fully saturated rings. The van der Waals surface area contributed by atoms with E-state index in [2.05, 4.69) is 15.4 Å². The summed E-state index contributed by atoms with van der Waals surface area (Å²) >= 11 is 0. The maximum Gasteiger partial charge on any atom is 0.149 e. The number of hydrogen-bond acceptors (Lipinski definition) is 3. The standard InChI is InChI=1S/C20H16F2N4/c21-16-6-7-17(22)20-19(16)18(8-10-23-20)24-12-14-4-1-2-5-15(14)13-26-11-3-9-25-26/h1-11H,12-13H2,(H,23,24). The van der Waals surface area contributed by atoms with E-state index in [0.717, 1.165) is 23.3 Å². The number of hydrogen-bond donors (Lipinski definition) is 1. The smallest absolute Gasteiger partial charge is 0.149 e. The van der Waals surface area contributed by atoms with E-state index in [0.29, 0.717) is 18.8 Å². The van der Waals surface area contributed by atoms with Crippen LogP contribution < -0.4 is 5.32 Å². The van der Waals surface area contributed by atoms with Gasteiger partial charge >= 0.3 is 0 Å². The molecule has 0 aliphatic carbocycles. The van der Waals surface area contributed by atoms with Crippen LogP contribution in [-0.4, -0.2) is 14.8 Å². The Morgan fingerprint density at radius 1 is 0.885 bits per heavy atom. The third-order valence-corrected chi connectivity index (χ3v) is 4.27. The summed E-state index contributed by atoms with van der Waals surface area (Å²) in [5, 5.41) is 7.61. The van der Waals surface area contributed by atoms with Gasteiger partial charge in [0, 0.05) is 30.8 Å². The molecule has 130 valence electrons. The molecule has 1 N–H and O–H groups in total. The lowest BCUT2D eigenvalue weighted by molar-refractivity contribution is 0.615. The summed E-state index contributed by atoms with van der Waals surface area (Å²) < 4.78 is 30.0. The molecule has 6 heteroatoms. The molecule has 0 saturated heterocycles. The van der Waals surface area contributed by atoms with Crippen LogP contribution in [0.1, 0.15) is 11.1 Å². The first kappa shape index (κ1) is 16.2. The van der Waals surface area contributed by atoms with Crippen molar-refractivity contribution in [3.63, 3.8) is 0 Å².